The Balaban J connectivity index is 1.98. The highest BCUT2D eigenvalue weighted by Crippen LogP contribution is 2.20. The van der Waals surface area contributed by atoms with Crippen molar-refractivity contribution in [1.82, 2.24) is 14.7 Å². The lowest BCUT2D eigenvalue weighted by Crippen LogP contribution is -2.55. The van der Waals surface area contributed by atoms with E-state index in [2.05, 4.69) is 0 Å². The Morgan fingerprint density at radius 2 is 1.60 bits per heavy atom. The highest BCUT2D eigenvalue weighted by molar-refractivity contribution is 5.83. The summed E-state index contributed by atoms with van der Waals surface area (Å²) in [7, 11) is 0. The topological polar surface area (TPSA) is 101 Å². The molecular formula is C12H19N3O5. The monoisotopic (exact) mass is 285 g/mol. The van der Waals surface area contributed by atoms with Gasteiger partial charge in [-0.15, -0.1) is 0 Å². The van der Waals surface area contributed by atoms with Crippen molar-refractivity contribution < 1.29 is 24.6 Å². The van der Waals surface area contributed by atoms with Crippen LogP contribution in [0.4, 0.5) is 4.79 Å². The summed E-state index contributed by atoms with van der Waals surface area (Å²) >= 11 is 0. The number of β-amino-alcohol motifs (C(OH)–C–C–N with tert-alkyl or cyclic N) is 1. The highest BCUT2D eigenvalue weighted by atomic mass is 16.4. The predicted molar refractivity (Wildman–Crippen MR) is 68.0 cm³/mol. The number of hydrogen-bond acceptors (Lipinski definition) is 4. The molecule has 8 nitrogen and oxygen atoms in total. The van der Waals surface area contributed by atoms with E-state index in [9.17, 15) is 19.5 Å². The lowest BCUT2D eigenvalue weighted by atomic mass is 10.2. The Morgan fingerprint density at radius 1 is 1.05 bits per heavy atom. The van der Waals surface area contributed by atoms with Crippen LogP contribution in [0.5, 0.6) is 0 Å². The summed E-state index contributed by atoms with van der Waals surface area (Å²) in [5, 5.41) is 18.6. The maximum Gasteiger partial charge on any atom is 0.326 e. The van der Waals surface area contributed by atoms with Gasteiger partial charge in [0, 0.05) is 46.1 Å². The molecule has 0 aliphatic carbocycles. The second kappa shape index (κ2) is 5.66. The van der Waals surface area contributed by atoms with Crippen molar-refractivity contribution in [2.24, 2.45) is 0 Å². The molecule has 0 aromatic carbocycles. The van der Waals surface area contributed by atoms with Crippen molar-refractivity contribution in [3.8, 4) is 0 Å². The number of rotatable bonds is 1. The number of amides is 3. The maximum absolute atomic E-state index is 12.3. The van der Waals surface area contributed by atoms with E-state index in [0.717, 1.165) is 0 Å². The van der Waals surface area contributed by atoms with Crippen LogP contribution in [-0.4, -0.2) is 87.7 Å². The highest BCUT2D eigenvalue weighted by Gasteiger charge is 2.41. The molecule has 2 heterocycles. The normalized spacial score (nSPS) is 26.8. The second-order valence-corrected chi connectivity index (χ2v) is 5.17. The number of carboxylic acid groups (broad SMARTS) is 1. The summed E-state index contributed by atoms with van der Waals surface area (Å²) in [6.45, 7) is 3.20. The number of nitrogens with zero attached hydrogens (tertiary/aromatic N) is 3. The summed E-state index contributed by atoms with van der Waals surface area (Å²) < 4.78 is 0. The minimum atomic E-state index is -1.10. The summed E-state index contributed by atoms with van der Waals surface area (Å²) in [5.74, 6) is -1.13. The average Bonchev–Trinajstić information content (AvgIpc) is 2.80. The number of urea groups is 1. The van der Waals surface area contributed by atoms with Crippen molar-refractivity contribution in [2.75, 3.05) is 32.7 Å². The SMILES string of the molecule is CC(=O)N1CCN(C(=O)N2C[C@H](O)C[C@H]2C(=O)O)CC1. The fourth-order valence-electron chi connectivity index (χ4n) is 2.65. The van der Waals surface area contributed by atoms with E-state index in [1.807, 2.05) is 0 Å². The first kappa shape index (κ1) is 14.6. The molecule has 20 heavy (non-hydrogen) atoms. The van der Waals surface area contributed by atoms with Crippen LogP contribution in [0.15, 0.2) is 0 Å². The van der Waals surface area contributed by atoms with Gasteiger partial charge in [0.15, 0.2) is 0 Å². The van der Waals surface area contributed by atoms with Crippen molar-refractivity contribution >= 4 is 17.9 Å². The zero-order valence-corrected chi connectivity index (χ0v) is 11.4. The Hall–Kier alpha value is -1.83. The molecule has 2 rings (SSSR count). The zero-order valence-electron chi connectivity index (χ0n) is 11.4. The van der Waals surface area contributed by atoms with E-state index in [4.69, 9.17) is 5.11 Å². The first-order chi connectivity index (χ1) is 9.40. The van der Waals surface area contributed by atoms with Crippen molar-refractivity contribution in [2.45, 2.75) is 25.5 Å². The molecule has 0 aromatic heterocycles. The van der Waals surface area contributed by atoms with Crippen LogP contribution in [0.25, 0.3) is 0 Å². The molecule has 2 atom stereocenters. The van der Waals surface area contributed by atoms with Crippen LogP contribution in [0.1, 0.15) is 13.3 Å². The maximum atomic E-state index is 12.3. The van der Waals surface area contributed by atoms with Gasteiger partial charge in [-0.3, -0.25) is 4.79 Å². The van der Waals surface area contributed by atoms with Gasteiger partial charge < -0.3 is 24.9 Å². The molecule has 8 heteroatoms. The molecule has 0 saturated carbocycles. The third-order valence-electron chi connectivity index (χ3n) is 3.81. The van der Waals surface area contributed by atoms with E-state index >= 15 is 0 Å². The van der Waals surface area contributed by atoms with Gasteiger partial charge in [0.25, 0.3) is 0 Å². The number of aliphatic hydroxyl groups is 1. The number of aliphatic hydroxyl groups excluding tert-OH is 1. The Morgan fingerprint density at radius 3 is 2.10 bits per heavy atom. The quantitative estimate of drug-likeness (QED) is 0.629. The van der Waals surface area contributed by atoms with Crippen LogP contribution < -0.4 is 0 Å². The Bertz CT molecular complexity index is 419. The molecule has 0 bridgehead atoms. The van der Waals surface area contributed by atoms with E-state index in [0.29, 0.717) is 26.2 Å². The van der Waals surface area contributed by atoms with E-state index in [1.54, 1.807) is 4.90 Å². The molecular weight excluding hydrogens is 266 g/mol. The number of hydrogen-bond donors (Lipinski definition) is 2. The minimum absolute atomic E-state index is 0.0305. The first-order valence-electron chi connectivity index (χ1n) is 6.62. The van der Waals surface area contributed by atoms with Crippen LogP contribution in [0.2, 0.25) is 0 Å². The molecule has 0 spiro atoms. The number of likely N-dealkylation sites (tertiary alicyclic amines) is 1. The number of carboxylic acids is 1. The van der Waals surface area contributed by atoms with Crippen molar-refractivity contribution in [3.63, 3.8) is 0 Å². The molecule has 2 fully saturated rings. The molecule has 2 N–H and O–H groups in total. The zero-order chi connectivity index (χ0) is 14.9. The van der Waals surface area contributed by atoms with E-state index in [1.165, 1.54) is 16.7 Å². The molecule has 0 unspecified atom stereocenters. The third kappa shape index (κ3) is 2.84. The molecule has 2 aliphatic heterocycles. The van der Waals surface area contributed by atoms with Gasteiger partial charge in [0.05, 0.1) is 6.10 Å². The molecule has 2 aliphatic rings. The fourth-order valence-corrected chi connectivity index (χ4v) is 2.65. The number of carbonyl (C=O) groups excluding carboxylic acids is 2. The van der Waals surface area contributed by atoms with Gasteiger partial charge in [-0.2, -0.15) is 0 Å². The predicted octanol–water partition coefficient (Wildman–Crippen LogP) is -1.21. The van der Waals surface area contributed by atoms with Crippen molar-refractivity contribution in [3.05, 3.63) is 0 Å². The molecule has 112 valence electrons. The van der Waals surface area contributed by atoms with Gasteiger partial charge in [-0.1, -0.05) is 0 Å². The third-order valence-corrected chi connectivity index (χ3v) is 3.81. The summed E-state index contributed by atoms with van der Waals surface area (Å²) in [6.07, 6.45) is -0.729. The minimum Gasteiger partial charge on any atom is -0.480 e. The van der Waals surface area contributed by atoms with Crippen LogP contribution in [0.3, 0.4) is 0 Å². The lowest BCUT2D eigenvalue weighted by molar-refractivity contribution is -0.141. The van der Waals surface area contributed by atoms with Crippen LogP contribution in [0, 0.1) is 0 Å². The number of piperazine rings is 1. The van der Waals surface area contributed by atoms with Crippen LogP contribution in [-0.2, 0) is 9.59 Å². The summed E-state index contributed by atoms with van der Waals surface area (Å²) in [6, 6.07) is -1.35. The smallest absolute Gasteiger partial charge is 0.326 e. The number of carbonyl (C=O) groups is 3. The summed E-state index contributed by atoms with van der Waals surface area (Å²) in [5.41, 5.74) is 0. The molecule has 0 aromatic rings. The van der Waals surface area contributed by atoms with E-state index in [-0.39, 0.29) is 24.9 Å². The average molecular weight is 285 g/mol. The molecule has 0 radical (unpaired) electrons. The van der Waals surface area contributed by atoms with E-state index < -0.39 is 18.1 Å². The van der Waals surface area contributed by atoms with Gasteiger partial charge in [-0.05, 0) is 0 Å². The van der Waals surface area contributed by atoms with Crippen molar-refractivity contribution in [1.29, 1.82) is 0 Å². The first-order valence-corrected chi connectivity index (χ1v) is 6.62. The van der Waals surface area contributed by atoms with Gasteiger partial charge >= 0.3 is 12.0 Å². The molecule has 3 amide bonds. The van der Waals surface area contributed by atoms with Crippen LogP contribution >= 0.6 is 0 Å². The van der Waals surface area contributed by atoms with Gasteiger partial charge in [0.2, 0.25) is 5.91 Å². The van der Waals surface area contributed by atoms with Gasteiger partial charge in [0.1, 0.15) is 6.04 Å². The standard InChI is InChI=1S/C12H19N3O5/c1-8(16)13-2-4-14(5-3-13)12(20)15-7-9(17)6-10(15)11(18)19/h9-10,17H,2-7H2,1H3,(H,18,19)/t9-,10+/m1/s1. The second-order valence-electron chi connectivity index (χ2n) is 5.17. The lowest BCUT2D eigenvalue weighted by Gasteiger charge is -2.37. The van der Waals surface area contributed by atoms with Gasteiger partial charge in [-0.25, -0.2) is 9.59 Å². The molecule has 2 saturated heterocycles. The largest absolute Gasteiger partial charge is 0.480 e. The fraction of sp³-hybridized carbons (Fsp3) is 0.750. The Labute approximate surface area is 116 Å². The number of aliphatic carboxylic acids is 1. The summed E-state index contributed by atoms with van der Waals surface area (Å²) in [4.78, 5) is 39.0. The Kier molecular flexibility index (Phi) is 4.12.